The molecule has 2 aliphatic heterocycles. The lowest BCUT2D eigenvalue weighted by molar-refractivity contribution is -0.135. The summed E-state index contributed by atoms with van der Waals surface area (Å²) in [7, 11) is 0. The minimum absolute atomic E-state index is 0.0667. The van der Waals surface area contributed by atoms with Gasteiger partial charge in [-0.2, -0.15) is 0 Å². The van der Waals surface area contributed by atoms with Crippen molar-refractivity contribution in [2.45, 2.75) is 12.8 Å². The molecule has 2 aliphatic rings. The molecular weight excluding hydrogens is 383 g/mol. The van der Waals surface area contributed by atoms with Crippen LogP contribution in [0.5, 0.6) is 5.75 Å². The molecule has 0 bridgehead atoms. The van der Waals surface area contributed by atoms with Crippen molar-refractivity contribution in [3.8, 4) is 5.75 Å². The summed E-state index contributed by atoms with van der Waals surface area (Å²) in [6, 6.07) is 12.2. The van der Waals surface area contributed by atoms with Crippen LogP contribution in [-0.4, -0.2) is 73.1 Å². The molecule has 7 heteroatoms. The standard InChI is InChI=1S/C23H29FN4O2/c24-20-7-1-2-8-21(20)30-18-23(29)28-11-5-6-19(17-28)16-26-12-14-27(15-13-26)22-9-3-4-10-25-22/h1-4,7-10,19H,5-6,11-18H2. The Morgan fingerprint density at radius 1 is 1.07 bits per heavy atom. The van der Waals surface area contributed by atoms with Gasteiger partial charge in [0.1, 0.15) is 5.82 Å². The fourth-order valence-corrected chi connectivity index (χ4v) is 4.30. The fraction of sp³-hybridized carbons (Fsp3) is 0.478. The molecule has 2 aromatic rings. The zero-order valence-electron chi connectivity index (χ0n) is 17.3. The van der Waals surface area contributed by atoms with Crippen molar-refractivity contribution in [3.63, 3.8) is 0 Å². The van der Waals surface area contributed by atoms with Crippen LogP contribution in [0.2, 0.25) is 0 Å². The monoisotopic (exact) mass is 412 g/mol. The van der Waals surface area contributed by atoms with Gasteiger partial charge in [0.05, 0.1) is 0 Å². The number of rotatable bonds is 6. The van der Waals surface area contributed by atoms with E-state index < -0.39 is 5.82 Å². The SMILES string of the molecule is O=C(COc1ccccc1F)N1CCCC(CN2CCN(c3ccccn3)CC2)C1. The highest BCUT2D eigenvalue weighted by Crippen LogP contribution is 2.21. The predicted molar refractivity (Wildman–Crippen MR) is 114 cm³/mol. The van der Waals surface area contributed by atoms with Gasteiger partial charge in [-0.1, -0.05) is 18.2 Å². The Bertz CT molecular complexity index is 827. The highest BCUT2D eigenvalue weighted by Gasteiger charge is 2.27. The minimum Gasteiger partial charge on any atom is -0.481 e. The molecule has 1 unspecified atom stereocenters. The Labute approximate surface area is 177 Å². The third-order valence-corrected chi connectivity index (χ3v) is 5.92. The minimum atomic E-state index is -0.438. The van der Waals surface area contributed by atoms with Crippen LogP contribution in [0.15, 0.2) is 48.7 Å². The van der Waals surface area contributed by atoms with Gasteiger partial charge in [-0.25, -0.2) is 9.37 Å². The van der Waals surface area contributed by atoms with Gasteiger partial charge < -0.3 is 14.5 Å². The molecule has 0 spiro atoms. The summed E-state index contributed by atoms with van der Waals surface area (Å²) in [5.41, 5.74) is 0. The Morgan fingerprint density at radius 2 is 1.87 bits per heavy atom. The second-order valence-corrected chi connectivity index (χ2v) is 8.04. The van der Waals surface area contributed by atoms with E-state index in [2.05, 4.69) is 20.9 Å². The first kappa shape index (κ1) is 20.6. The van der Waals surface area contributed by atoms with Crippen LogP contribution in [0.4, 0.5) is 10.2 Å². The molecule has 1 amide bonds. The highest BCUT2D eigenvalue weighted by atomic mass is 19.1. The predicted octanol–water partition coefficient (Wildman–Crippen LogP) is 2.66. The maximum atomic E-state index is 13.7. The van der Waals surface area contributed by atoms with Crippen molar-refractivity contribution in [1.82, 2.24) is 14.8 Å². The molecule has 30 heavy (non-hydrogen) atoms. The molecule has 1 aromatic carbocycles. The normalized spacial score (nSPS) is 20.2. The number of aromatic nitrogens is 1. The fourth-order valence-electron chi connectivity index (χ4n) is 4.30. The van der Waals surface area contributed by atoms with E-state index in [0.717, 1.165) is 64.5 Å². The number of piperidine rings is 1. The second kappa shape index (κ2) is 9.89. The number of nitrogens with zero attached hydrogens (tertiary/aromatic N) is 4. The summed E-state index contributed by atoms with van der Waals surface area (Å²) >= 11 is 0. The summed E-state index contributed by atoms with van der Waals surface area (Å²) in [6.07, 6.45) is 3.98. The van der Waals surface area contributed by atoms with Crippen LogP contribution < -0.4 is 9.64 Å². The molecule has 0 N–H and O–H groups in total. The van der Waals surface area contributed by atoms with Crippen molar-refractivity contribution < 1.29 is 13.9 Å². The first-order valence-electron chi connectivity index (χ1n) is 10.7. The number of benzene rings is 1. The summed E-state index contributed by atoms with van der Waals surface area (Å²) in [5, 5.41) is 0. The Balaban J connectivity index is 1.22. The van der Waals surface area contributed by atoms with Crippen molar-refractivity contribution in [1.29, 1.82) is 0 Å². The molecule has 4 rings (SSSR count). The molecule has 0 radical (unpaired) electrons. The summed E-state index contributed by atoms with van der Waals surface area (Å²) < 4.78 is 19.1. The van der Waals surface area contributed by atoms with E-state index in [0.29, 0.717) is 5.92 Å². The molecule has 160 valence electrons. The first-order valence-corrected chi connectivity index (χ1v) is 10.7. The number of carbonyl (C=O) groups is 1. The average molecular weight is 413 g/mol. The number of piperazine rings is 1. The van der Waals surface area contributed by atoms with Gasteiger partial charge in [0, 0.05) is 52.0 Å². The molecule has 1 aromatic heterocycles. The number of hydrogen-bond donors (Lipinski definition) is 0. The van der Waals surface area contributed by atoms with Gasteiger partial charge in [-0.05, 0) is 43.0 Å². The number of para-hydroxylation sites is 1. The van der Waals surface area contributed by atoms with Gasteiger partial charge >= 0.3 is 0 Å². The van der Waals surface area contributed by atoms with Gasteiger partial charge in [0.25, 0.3) is 5.91 Å². The third kappa shape index (κ3) is 5.27. The maximum Gasteiger partial charge on any atom is 0.260 e. The van der Waals surface area contributed by atoms with Crippen LogP contribution in [0, 0.1) is 11.7 Å². The van der Waals surface area contributed by atoms with Crippen LogP contribution in [0.1, 0.15) is 12.8 Å². The summed E-state index contributed by atoms with van der Waals surface area (Å²) in [4.78, 5) is 23.7. The molecule has 2 saturated heterocycles. The van der Waals surface area contributed by atoms with E-state index in [1.807, 2.05) is 23.2 Å². The van der Waals surface area contributed by atoms with E-state index in [9.17, 15) is 9.18 Å². The van der Waals surface area contributed by atoms with Crippen molar-refractivity contribution >= 4 is 11.7 Å². The molecule has 0 saturated carbocycles. The molecule has 3 heterocycles. The number of ether oxygens (including phenoxy) is 1. The largest absolute Gasteiger partial charge is 0.481 e. The van der Waals surface area contributed by atoms with Crippen LogP contribution in [-0.2, 0) is 4.79 Å². The zero-order valence-corrected chi connectivity index (χ0v) is 17.3. The van der Waals surface area contributed by atoms with Crippen molar-refractivity contribution in [2.24, 2.45) is 5.92 Å². The Kier molecular flexibility index (Phi) is 6.79. The topological polar surface area (TPSA) is 48.9 Å². The molecule has 2 fully saturated rings. The van der Waals surface area contributed by atoms with Gasteiger partial charge in [0.2, 0.25) is 0 Å². The van der Waals surface area contributed by atoms with Gasteiger partial charge in [0.15, 0.2) is 18.2 Å². The summed E-state index contributed by atoms with van der Waals surface area (Å²) in [5.74, 6) is 1.14. The number of carbonyl (C=O) groups excluding carboxylic acids is 1. The number of likely N-dealkylation sites (tertiary alicyclic amines) is 1. The number of hydrogen-bond acceptors (Lipinski definition) is 5. The molecule has 6 nitrogen and oxygen atoms in total. The quantitative estimate of drug-likeness (QED) is 0.730. The van der Waals surface area contributed by atoms with E-state index in [1.54, 1.807) is 18.2 Å². The lowest BCUT2D eigenvalue weighted by atomic mass is 9.97. The van der Waals surface area contributed by atoms with E-state index in [1.165, 1.54) is 6.07 Å². The highest BCUT2D eigenvalue weighted by molar-refractivity contribution is 5.77. The van der Waals surface area contributed by atoms with E-state index >= 15 is 0 Å². The lowest BCUT2D eigenvalue weighted by Gasteiger charge is -2.39. The number of amides is 1. The van der Waals surface area contributed by atoms with E-state index in [-0.39, 0.29) is 18.3 Å². The molecule has 1 atom stereocenters. The number of anilines is 1. The smallest absolute Gasteiger partial charge is 0.260 e. The van der Waals surface area contributed by atoms with Crippen molar-refractivity contribution in [3.05, 3.63) is 54.5 Å². The third-order valence-electron chi connectivity index (χ3n) is 5.92. The Hall–Kier alpha value is -2.67. The number of pyridine rings is 1. The molecule has 0 aliphatic carbocycles. The van der Waals surface area contributed by atoms with E-state index in [4.69, 9.17) is 4.74 Å². The maximum absolute atomic E-state index is 13.7. The van der Waals surface area contributed by atoms with Crippen LogP contribution in [0.25, 0.3) is 0 Å². The first-order chi connectivity index (χ1) is 14.7. The second-order valence-electron chi connectivity index (χ2n) is 8.04. The Morgan fingerprint density at radius 3 is 2.63 bits per heavy atom. The number of halogens is 1. The zero-order chi connectivity index (χ0) is 20.8. The molecular formula is C23H29FN4O2. The van der Waals surface area contributed by atoms with Crippen molar-refractivity contribution in [2.75, 3.05) is 57.3 Å². The van der Waals surface area contributed by atoms with Crippen LogP contribution >= 0.6 is 0 Å². The van der Waals surface area contributed by atoms with Gasteiger partial charge in [-0.3, -0.25) is 9.69 Å². The van der Waals surface area contributed by atoms with Gasteiger partial charge in [-0.15, -0.1) is 0 Å². The summed E-state index contributed by atoms with van der Waals surface area (Å²) in [6.45, 7) is 6.37. The van der Waals surface area contributed by atoms with Crippen LogP contribution in [0.3, 0.4) is 0 Å². The lowest BCUT2D eigenvalue weighted by Crippen LogP contribution is -2.50. The average Bonchev–Trinajstić information content (AvgIpc) is 2.80.